The molecule has 4 heteroatoms. The van der Waals surface area contributed by atoms with Crippen LogP contribution in [-0.4, -0.2) is 20.4 Å². The second-order valence-electron chi connectivity index (χ2n) is 19.3. The molecule has 0 saturated heterocycles. The summed E-state index contributed by atoms with van der Waals surface area (Å²) in [7, 11) is 0. The van der Waals surface area contributed by atoms with Crippen molar-refractivity contribution in [2.24, 2.45) is 0 Å². The van der Waals surface area contributed by atoms with Crippen molar-refractivity contribution >= 4 is 0 Å². The second kappa shape index (κ2) is 15.3. The summed E-state index contributed by atoms with van der Waals surface area (Å²) in [6, 6.07) is 24.9. The van der Waals surface area contributed by atoms with Crippen LogP contribution in [0.3, 0.4) is 0 Å². The Labute approximate surface area is 325 Å². The van der Waals surface area contributed by atoms with E-state index in [4.69, 9.17) is 0 Å². The van der Waals surface area contributed by atoms with E-state index < -0.39 is 10.8 Å². The molecule has 54 heavy (non-hydrogen) atoms. The first kappa shape index (κ1) is 39.8. The van der Waals surface area contributed by atoms with Gasteiger partial charge in [0.05, 0.1) is 0 Å². The number of phenols is 4. The minimum Gasteiger partial charge on any atom is -0.508 e. The highest BCUT2D eigenvalue weighted by Crippen LogP contribution is 2.49. The zero-order valence-corrected chi connectivity index (χ0v) is 34.4. The van der Waals surface area contributed by atoms with Crippen LogP contribution in [0.2, 0.25) is 0 Å². The van der Waals surface area contributed by atoms with Crippen molar-refractivity contribution in [3.63, 3.8) is 0 Å². The van der Waals surface area contributed by atoms with Crippen LogP contribution in [0.4, 0.5) is 0 Å². The van der Waals surface area contributed by atoms with Crippen LogP contribution >= 0.6 is 0 Å². The zero-order chi connectivity index (χ0) is 39.1. The molecule has 0 aliphatic heterocycles. The fourth-order valence-corrected chi connectivity index (χ4v) is 9.65. The molecule has 2 aliphatic rings. The molecule has 2 aliphatic carbocycles. The summed E-state index contributed by atoms with van der Waals surface area (Å²) < 4.78 is 0. The van der Waals surface area contributed by atoms with E-state index in [-0.39, 0.29) is 10.8 Å². The molecule has 2 saturated carbocycles. The molecule has 0 bridgehead atoms. The van der Waals surface area contributed by atoms with Crippen molar-refractivity contribution in [3.8, 4) is 23.0 Å². The van der Waals surface area contributed by atoms with Gasteiger partial charge in [0.2, 0.25) is 0 Å². The molecular weight excluding hydrogens is 665 g/mol. The summed E-state index contributed by atoms with van der Waals surface area (Å²) in [6.45, 7) is 17.5. The van der Waals surface area contributed by atoms with Crippen LogP contribution in [-0.2, 0) is 21.7 Å². The van der Waals surface area contributed by atoms with E-state index in [1.165, 1.54) is 49.7 Å². The third-order valence-corrected chi connectivity index (χ3v) is 13.4. The van der Waals surface area contributed by atoms with Crippen LogP contribution in [0.15, 0.2) is 72.8 Å². The Balaban J connectivity index is 1.53. The monoisotopic (exact) mass is 730 g/mol. The number of hydrogen-bond donors (Lipinski definition) is 4. The Morgan fingerprint density at radius 2 is 0.704 bits per heavy atom. The lowest BCUT2D eigenvalue weighted by atomic mass is 9.64. The molecule has 0 unspecified atom stereocenters. The molecule has 4 nitrogen and oxygen atoms in total. The third-order valence-electron chi connectivity index (χ3n) is 13.4. The minimum absolute atomic E-state index is 0.260. The lowest BCUT2D eigenvalue weighted by Crippen LogP contribution is -2.31. The number of phenolic OH excluding ortho intramolecular Hbond substituents is 4. The van der Waals surface area contributed by atoms with Gasteiger partial charge in [-0.15, -0.1) is 0 Å². The van der Waals surface area contributed by atoms with Crippen LogP contribution in [0, 0.1) is 0 Å². The first-order valence-corrected chi connectivity index (χ1v) is 20.8. The predicted molar refractivity (Wildman–Crippen MR) is 224 cm³/mol. The Bertz CT molecular complexity index is 1800. The van der Waals surface area contributed by atoms with E-state index >= 15 is 0 Å². The van der Waals surface area contributed by atoms with E-state index in [1.54, 1.807) is 0 Å². The molecule has 0 heterocycles. The van der Waals surface area contributed by atoms with Gasteiger partial charge in [0.1, 0.15) is 23.0 Å². The van der Waals surface area contributed by atoms with Gasteiger partial charge in [0.25, 0.3) is 0 Å². The van der Waals surface area contributed by atoms with Gasteiger partial charge in [-0.25, -0.2) is 0 Å². The van der Waals surface area contributed by atoms with Gasteiger partial charge in [-0.2, -0.15) is 0 Å². The maximum atomic E-state index is 11.3. The number of rotatable bonds is 9. The number of benzene rings is 4. The van der Waals surface area contributed by atoms with E-state index in [9.17, 15) is 20.4 Å². The van der Waals surface area contributed by atoms with E-state index in [1.807, 2.05) is 24.3 Å². The Hall–Kier alpha value is -3.92. The number of hydrogen-bond acceptors (Lipinski definition) is 4. The normalized spacial score (nSPS) is 16.8. The number of aromatic hydroxyl groups is 4. The van der Waals surface area contributed by atoms with Crippen molar-refractivity contribution in [2.45, 2.75) is 166 Å². The van der Waals surface area contributed by atoms with Gasteiger partial charge in [-0.1, -0.05) is 142 Å². The van der Waals surface area contributed by atoms with Gasteiger partial charge in [-0.05, 0) is 130 Å². The predicted octanol–water partition coefficient (Wildman–Crippen LogP) is 13.3. The zero-order valence-electron chi connectivity index (χ0n) is 34.4. The van der Waals surface area contributed by atoms with Crippen molar-refractivity contribution in [2.75, 3.05) is 0 Å². The largest absolute Gasteiger partial charge is 0.508 e. The Kier molecular flexibility index (Phi) is 11.3. The smallest absolute Gasteiger partial charge is 0.119 e. The quantitative estimate of drug-likeness (QED) is 0.138. The molecule has 4 aromatic rings. The van der Waals surface area contributed by atoms with Gasteiger partial charge in [0, 0.05) is 10.8 Å². The average molecular weight is 731 g/mol. The van der Waals surface area contributed by atoms with Gasteiger partial charge in [-0.3, -0.25) is 0 Å². The van der Waals surface area contributed by atoms with E-state index in [0.29, 0.717) is 34.8 Å². The molecule has 2 fully saturated rings. The van der Waals surface area contributed by atoms with Crippen LogP contribution in [0.25, 0.3) is 0 Å². The van der Waals surface area contributed by atoms with E-state index in [0.717, 1.165) is 71.9 Å². The summed E-state index contributed by atoms with van der Waals surface area (Å²) in [5.41, 5.74) is 7.11. The SMILES string of the molecule is CC(C)(C)c1cc(C(C)(CCC(C)(c2ccc(O)c(C3CCCCC3)c2)c2ccc(O)c(C3CCCCC3)c2)c2ccc(O)c(C(C)(C)C)c2)ccc1O. The fraction of sp³-hybridized carbons (Fsp3) is 0.520. The van der Waals surface area contributed by atoms with Crippen molar-refractivity contribution in [1.82, 2.24) is 0 Å². The lowest BCUT2D eigenvalue weighted by molar-refractivity contribution is 0.396. The first-order valence-electron chi connectivity index (χ1n) is 20.8. The molecule has 0 spiro atoms. The molecule has 290 valence electrons. The topological polar surface area (TPSA) is 80.9 Å². The van der Waals surface area contributed by atoms with Crippen LogP contribution in [0.1, 0.15) is 189 Å². The Morgan fingerprint density at radius 1 is 0.407 bits per heavy atom. The molecule has 4 aromatic carbocycles. The van der Waals surface area contributed by atoms with Crippen molar-refractivity contribution < 1.29 is 20.4 Å². The maximum Gasteiger partial charge on any atom is 0.119 e. The summed E-state index contributed by atoms with van der Waals surface area (Å²) in [5, 5.41) is 44.7. The lowest BCUT2D eigenvalue weighted by Gasteiger charge is -2.39. The first-order chi connectivity index (χ1) is 25.4. The molecule has 0 aromatic heterocycles. The van der Waals surface area contributed by atoms with Crippen molar-refractivity contribution in [3.05, 3.63) is 117 Å². The summed E-state index contributed by atoms with van der Waals surface area (Å²) in [5.74, 6) is 2.10. The standard InChI is InChI=1S/C50H66O4/c1-47(2,3)41-31-37(21-25-45(41)53)50(8,38-22-26-46(54)42(32-38)48(4,5)6)28-27-49(7,35-19-23-43(51)39(29-35)33-15-11-9-12-16-33)36-20-24-44(52)40(30-36)34-17-13-10-14-18-34/h19-26,29-34,51-54H,9-18,27-28H2,1-8H3. The molecular formula is C50H66O4. The molecule has 6 rings (SSSR count). The summed E-state index contributed by atoms with van der Waals surface area (Å²) in [4.78, 5) is 0. The summed E-state index contributed by atoms with van der Waals surface area (Å²) in [6.07, 6.45) is 13.2. The summed E-state index contributed by atoms with van der Waals surface area (Å²) >= 11 is 0. The van der Waals surface area contributed by atoms with Gasteiger partial charge in [0.15, 0.2) is 0 Å². The van der Waals surface area contributed by atoms with Crippen LogP contribution in [0.5, 0.6) is 23.0 Å². The Morgan fingerprint density at radius 3 is 1.02 bits per heavy atom. The molecule has 0 atom stereocenters. The minimum atomic E-state index is -0.491. The highest BCUT2D eigenvalue weighted by molar-refractivity contribution is 5.52. The fourth-order valence-electron chi connectivity index (χ4n) is 9.65. The molecule has 0 radical (unpaired) electrons. The van der Waals surface area contributed by atoms with E-state index in [2.05, 4.69) is 104 Å². The average Bonchev–Trinajstić information content (AvgIpc) is 3.14. The second-order valence-corrected chi connectivity index (χ2v) is 19.3. The van der Waals surface area contributed by atoms with Gasteiger partial charge < -0.3 is 20.4 Å². The highest BCUT2D eigenvalue weighted by atomic mass is 16.3. The van der Waals surface area contributed by atoms with Gasteiger partial charge >= 0.3 is 0 Å². The highest BCUT2D eigenvalue weighted by Gasteiger charge is 2.38. The van der Waals surface area contributed by atoms with Crippen LogP contribution < -0.4 is 0 Å². The third kappa shape index (κ3) is 8.05. The molecule has 4 N–H and O–H groups in total. The van der Waals surface area contributed by atoms with Crippen molar-refractivity contribution in [1.29, 1.82) is 0 Å². The molecule has 0 amide bonds. The maximum absolute atomic E-state index is 11.3.